The molecule has 0 radical (unpaired) electrons. The van der Waals surface area contributed by atoms with E-state index in [1.807, 2.05) is 19.1 Å². The first-order chi connectivity index (χ1) is 8.58. The van der Waals surface area contributed by atoms with Crippen molar-refractivity contribution < 1.29 is 9.90 Å². The number of benzene rings is 1. The van der Waals surface area contributed by atoms with Crippen LogP contribution in [-0.2, 0) is 17.6 Å². The molecule has 1 aliphatic rings. The largest absolute Gasteiger partial charge is 0.391 e. The molecule has 1 aromatic rings. The normalized spacial score (nSPS) is 19.7. The number of aryl methyl sites for hydroxylation is 1. The summed E-state index contributed by atoms with van der Waals surface area (Å²) in [4.78, 5) is 13.6. The van der Waals surface area contributed by atoms with E-state index in [0.29, 0.717) is 11.6 Å². The van der Waals surface area contributed by atoms with E-state index in [-0.39, 0.29) is 12.3 Å². The van der Waals surface area contributed by atoms with Crippen LogP contribution in [0.2, 0.25) is 5.02 Å². The standard InChI is InChI=1S/C14H18ClNO2/c1-3-9-5-6-12(15)11(4-2)14(9)16-8-10(17)7-13(16)18/h5-6,10,17H,3-4,7-8H2,1-2H3. The van der Waals surface area contributed by atoms with Gasteiger partial charge in [0.1, 0.15) is 0 Å². The molecule has 1 atom stereocenters. The maximum atomic E-state index is 12.0. The minimum absolute atomic E-state index is 0.0193. The second kappa shape index (κ2) is 5.29. The van der Waals surface area contributed by atoms with E-state index in [0.717, 1.165) is 29.7 Å². The molecule has 0 aliphatic carbocycles. The molecule has 1 amide bonds. The lowest BCUT2D eigenvalue weighted by Gasteiger charge is -2.23. The molecular formula is C14H18ClNO2. The molecule has 3 nitrogen and oxygen atoms in total. The average Bonchev–Trinajstić information content (AvgIpc) is 2.67. The van der Waals surface area contributed by atoms with Crippen LogP contribution in [0.1, 0.15) is 31.4 Å². The van der Waals surface area contributed by atoms with Gasteiger partial charge in [-0.3, -0.25) is 4.79 Å². The van der Waals surface area contributed by atoms with Gasteiger partial charge in [-0.2, -0.15) is 0 Å². The van der Waals surface area contributed by atoms with E-state index in [1.54, 1.807) is 4.90 Å². The van der Waals surface area contributed by atoms with E-state index in [9.17, 15) is 9.90 Å². The van der Waals surface area contributed by atoms with Crippen molar-refractivity contribution in [1.82, 2.24) is 0 Å². The third-order valence-corrected chi connectivity index (χ3v) is 3.77. The van der Waals surface area contributed by atoms with E-state index in [4.69, 9.17) is 11.6 Å². The third kappa shape index (κ3) is 2.25. The van der Waals surface area contributed by atoms with Crippen molar-refractivity contribution in [3.05, 3.63) is 28.3 Å². The van der Waals surface area contributed by atoms with Crippen molar-refractivity contribution >= 4 is 23.2 Å². The van der Waals surface area contributed by atoms with Crippen LogP contribution in [0.15, 0.2) is 12.1 Å². The molecule has 18 heavy (non-hydrogen) atoms. The van der Waals surface area contributed by atoms with Crippen LogP contribution >= 0.6 is 11.6 Å². The van der Waals surface area contributed by atoms with Gasteiger partial charge >= 0.3 is 0 Å². The number of hydrogen-bond acceptors (Lipinski definition) is 2. The number of hydrogen-bond donors (Lipinski definition) is 1. The number of carbonyl (C=O) groups is 1. The van der Waals surface area contributed by atoms with E-state index >= 15 is 0 Å². The molecule has 1 unspecified atom stereocenters. The smallest absolute Gasteiger partial charge is 0.229 e. The molecule has 0 bridgehead atoms. The van der Waals surface area contributed by atoms with Crippen LogP contribution in [-0.4, -0.2) is 23.7 Å². The Kier molecular flexibility index (Phi) is 3.93. The van der Waals surface area contributed by atoms with Gasteiger partial charge in [0.05, 0.1) is 24.8 Å². The van der Waals surface area contributed by atoms with Gasteiger partial charge in [0.2, 0.25) is 5.91 Å². The molecule has 1 saturated heterocycles. The van der Waals surface area contributed by atoms with Crippen LogP contribution in [0.25, 0.3) is 0 Å². The number of aliphatic hydroxyl groups is 1. The highest BCUT2D eigenvalue weighted by molar-refractivity contribution is 6.32. The minimum Gasteiger partial charge on any atom is -0.391 e. The molecule has 0 saturated carbocycles. The zero-order chi connectivity index (χ0) is 13.3. The van der Waals surface area contributed by atoms with Crippen LogP contribution < -0.4 is 4.90 Å². The first kappa shape index (κ1) is 13.4. The Morgan fingerprint density at radius 3 is 2.61 bits per heavy atom. The van der Waals surface area contributed by atoms with Crippen molar-refractivity contribution in [3.63, 3.8) is 0 Å². The number of anilines is 1. The highest BCUT2D eigenvalue weighted by Crippen LogP contribution is 2.34. The Balaban J connectivity index is 2.54. The maximum absolute atomic E-state index is 12.0. The fraction of sp³-hybridized carbons (Fsp3) is 0.500. The van der Waals surface area contributed by atoms with Gasteiger partial charge in [-0.1, -0.05) is 31.5 Å². The molecular weight excluding hydrogens is 250 g/mol. The molecule has 1 aromatic carbocycles. The Hall–Kier alpha value is -1.06. The monoisotopic (exact) mass is 267 g/mol. The van der Waals surface area contributed by atoms with Gasteiger partial charge in [-0.15, -0.1) is 0 Å². The molecule has 1 N–H and O–H groups in total. The van der Waals surface area contributed by atoms with E-state index in [2.05, 4.69) is 6.92 Å². The van der Waals surface area contributed by atoms with Crippen LogP contribution in [0.4, 0.5) is 5.69 Å². The summed E-state index contributed by atoms with van der Waals surface area (Å²) in [5.41, 5.74) is 3.02. The average molecular weight is 268 g/mol. The Labute approximate surface area is 112 Å². The molecule has 0 spiro atoms. The number of halogens is 1. The summed E-state index contributed by atoms with van der Waals surface area (Å²) >= 11 is 6.22. The molecule has 1 heterocycles. The van der Waals surface area contributed by atoms with Crippen LogP contribution in [0, 0.1) is 0 Å². The fourth-order valence-electron chi connectivity index (χ4n) is 2.52. The van der Waals surface area contributed by atoms with Crippen molar-refractivity contribution in [3.8, 4) is 0 Å². The third-order valence-electron chi connectivity index (χ3n) is 3.42. The van der Waals surface area contributed by atoms with Crippen LogP contribution in [0.5, 0.6) is 0 Å². The lowest BCUT2D eigenvalue weighted by Crippen LogP contribution is -2.27. The number of nitrogens with zero attached hydrogens (tertiary/aromatic N) is 1. The summed E-state index contributed by atoms with van der Waals surface area (Å²) in [5.74, 6) is -0.0193. The van der Waals surface area contributed by atoms with Gasteiger partial charge in [0.25, 0.3) is 0 Å². The molecule has 4 heteroatoms. The lowest BCUT2D eigenvalue weighted by atomic mass is 10.0. The summed E-state index contributed by atoms with van der Waals surface area (Å²) in [6, 6.07) is 3.86. The highest BCUT2D eigenvalue weighted by Gasteiger charge is 2.31. The van der Waals surface area contributed by atoms with Gasteiger partial charge in [-0.05, 0) is 30.0 Å². The molecule has 0 aromatic heterocycles. The number of carbonyl (C=O) groups excluding carboxylic acids is 1. The maximum Gasteiger partial charge on any atom is 0.229 e. The summed E-state index contributed by atoms with van der Waals surface area (Å²) in [6.45, 7) is 4.46. The topological polar surface area (TPSA) is 40.5 Å². The SMILES string of the molecule is CCc1ccc(Cl)c(CC)c1N1CC(O)CC1=O. The number of aliphatic hydroxyl groups excluding tert-OH is 1. The molecule has 98 valence electrons. The second-order valence-corrected chi connectivity index (χ2v) is 5.01. The van der Waals surface area contributed by atoms with Gasteiger partial charge in [0, 0.05) is 5.02 Å². The van der Waals surface area contributed by atoms with Crippen LogP contribution in [0.3, 0.4) is 0 Å². The number of β-amino-alcohol motifs (C(OH)–C–C–N with tert-alkyl or cyclic N) is 1. The quantitative estimate of drug-likeness (QED) is 0.914. The summed E-state index contributed by atoms with van der Waals surface area (Å²) in [7, 11) is 0. The Morgan fingerprint density at radius 1 is 1.39 bits per heavy atom. The number of amides is 1. The Bertz CT molecular complexity index is 473. The van der Waals surface area contributed by atoms with Crippen molar-refractivity contribution in [2.45, 2.75) is 39.2 Å². The summed E-state index contributed by atoms with van der Waals surface area (Å²) in [5, 5.41) is 10.3. The highest BCUT2D eigenvalue weighted by atomic mass is 35.5. The summed E-state index contributed by atoms with van der Waals surface area (Å²) in [6.07, 6.45) is 1.27. The fourth-order valence-corrected chi connectivity index (χ4v) is 2.81. The lowest BCUT2D eigenvalue weighted by molar-refractivity contribution is -0.117. The van der Waals surface area contributed by atoms with Crippen molar-refractivity contribution in [2.75, 3.05) is 11.4 Å². The van der Waals surface area contributed by atoms with Crippen molar-refractivity contribution in [1.29, 1.82) is 0 Å². The van der Waals surface area contributed by atoms with Gasteiger partial charge in [0.15, 0.2) is 0 Å². The molecule has 2 rings (SSSR count). The zero-order valence-electron chi connectivity index (χ0n) is 10.7. The second-order valence-electron chi connectivity index (χ2n) is 4.60. The first-order valence-electron chi connectivity index (χ1n) is 6.37. The first-order valence-corrected chi connectivity index (χ1v) is 6.74. The zero-order valence-corrected chi connectivity index (χ0v) is 11.5. The van der Waals surface area contributed by atoms with Crippen molar-refractivity contribution in [2.24, 2.45) is 0 Å². The number of rotatable bonds is 3. The predicted molar refractivity (Wildman–Crippen MR) is 73.2 cm³/mol. The molecule has 1 aliphatic heterocycles. The predicted octanol–water partition coefficient (Wildman–Crippen LogP) is 2.56. The molecule has 1 fully saturated rings. The summed E-state index contributed by atoms with van der Waals surface area (Å²) < 4.78 is 0. The van der Waals surface area contributed by atoms with E-state index < -0.39 is 6.10 Å². The van der Waals surface area contributed by atoms with Gasteiger partial charge in [-0.25, -0.2) is 0 Å². The Morgan fingerprint density at radius 2 is 2.11 bits per heavy atom. The van der Waals surface area contributed by atoms with E-state index in [1.165, 1.54) is 0 Å². The minimum atomic E-state index is -0.564. The van der Waals surface area contributed by atoms with Gasteiger partial charge < -0.3 is 10.0 Å².